The largest absolute Gasteiger partial charge is 0.353 e. The van der Waals surface area contributed by atoms with Crippen molar-refractivity contribution >= 4 is 43.9 Å². The number of para-hydroxylation sites is 1. The van der Waals surface area contributed by atoms with E-state index >= 15 is 0 Å². The first-order valence-corrected chi connectivity index (χ1v) is 6.53. The third-order valence-corrected chi connectivity index (χ3v) is 3.84. The van der Waals surface area contributed by atoms with Crippen molar-refractivity contribution in [3.05, 3.63) is 48.8 Å². The first kappa shape index (κ1) is 9.97. The summed E-state index contributed by atoms with van der Waals surface area (Å²) in [7, 11) is 0. The number of H-pyrrole nitrogens is 2. The molecule has 0 unspecified atom stereocenters. The fourth-order valence-corrected chi connectivity index (χ4v) is 2.97. The molecular weight excluding hydrogens is 248 g/mol. The molecule has 0 bridgehead atoms. The van der Waals surface area contributed by atoms with Crippen molar-refractivity contribution < 1.29 is 0 Å². The lowest BCUT2D eigenvalue weighted by Gasteiger charge is -1.93. The van der Waals surface area contributed by atoms with Crippen LogP contribution in [0, 0.1) is 0 Å². The number of hydrogen-bond acceptors (Lipinski definition) is 2. The van der Waals surface area contributed by atoms with E-state index in [2.05, 4.69) is 38.1 Å². The smallest absolute Gasteiger partial charge is 0.115 e. The standard InChI is InChI=1S/C16H10N4/c1-2-5-10-9(4-1)13-12(19-10)8-18-16-14-11(20-15(13)16)6-3-7-17-14/h1-8,19-20H. The fourth-order valence-electron chi connectivity index (χ4n) is 2.97. The zero-order valence-electron chi connectivity index (χ0n) is 10.5. The van der Waals surface area contributed by atoms with Gasteiger partial charge in [-0.1, -0.05) is 18.2 Å². The van der Waals surface area contributed by atoms with Crippen LogP contribution in [0.2, 0.25) is 0 Å². The molecule has 94 valence electrons. The number of aromatic amines is 2. The van der Waals surface area contributed by atoms with Crippen LogP contribution in [0.1, 0.15) is 0 Å². The van der Waals surface area contributed by atoms with Crippen molar-refractivity contribution in [2.24, 2.45) is 0 Å². The van der Waals surface area contributed by atoms with Crippen molar-refractivity contribution in [3.63, 3.8) is 0 Å². The Bertz CT molecular complexity index is 1100. The molecular formula is C16H10N4. The Labute approximate surface area is 113 Å². The molecule has 5 rings (SSSR count). The van der Waals surface area contributed by atoms with Gasteiger partial charge < -0.3 is 9.97 Å². The number of aromatic nitrogens is 4. The van der Waals surface area contributed by atoms with E-state index < -0.39 is 0 Å². The van der Waals surface area contributed by atoms with Crippen LogP contribution in [0.4, 0.5) is 0 Å². The molecule has 0 aliphatic heterocycles. The Hall–Kier alpha value is -2.88. The summed E-state index contributed by atoms with van der Waals surface area (Å²) in [6, 6.07) is 12.3. The average Bonchev–Trinajstić information content (AvgIpc) is 3.04. The SMILES string of the molecule is c1ccc2c(c1)[nH]c1cnc3c4ncccc4[nH]c3c12. The normalized spacial score (nSPS) is 12.0. The van der Waals surface area contributed by atoms with Crippen molar-refractivity contribution in [2.75, 3.05) is 0 Å². The molecule has 1 aromatic carbocycles. The highest BCUT2D eigenvalue weighted by molar-refractivity contribution is 6.22. The highest BCUT2D eigenvalue weighted by Crippen LogP contribution is 2.32. The van der Waals surface area contributed by atoms with E-state index in [0.29, 0.717) is 0 Å². The van der Waals surface area contributed by atoms with Gasteiger partial charge >= 0.3 is 0 Å². The molecule has 0 amide bonds. The van der Waals surface area contributed by atoms with E-state index in [1.165, 1.54) is 10.8 Å². The van der Waals surface area contributed by atoms with Crippen LogP contribution >= 0.6 is 0 Å². The number of nitrogens with one attached hydrogen (secondary N) is 2. The maximum absolute atomic E-state index is 4.57. The summed E-state index contributed by atoms with van der Waals surface area (Å²) in [5, 5.41) is 2.39. The Morgan fingerprint density at radius 2 is 1.65 bits per heavy atom. The predicted octanol–water partition coefficient (Wildman–Crippen LogP) is 3.75. The molecule has 4 heterocycles. The number of fused-ring (bicyclic) bond motifs is 7. The lowest BCUT2D eigenvalue weighted by atomic mass is 10.1. The molecule has 0 fully saturated rings. The molecule has 0 spiro atoms. The molecule has 4 aromatic heterocycles. The maximum atomic E-state index is 4.57. The summed E-state index contributed by atoms with van der Waals surface area (Å²) in [4.78, 5) is 15.9. The first-order valence-electron chi connectivity index (χ1n) is 6.53. The maximum Gasteiger partial charge on any atom is 0.115 e. The second-order valence-electron chi connectivity index (χ2n) is 4.97. The molecule has 0 aliphatic carbocycles. The average molecular weight is 258 g/mol. The summed E-state index contributed by atoms with van der Waals surface area (Å²) < 4.78 is 0. The number of hydrogen-bond donors (Lipinski definition) is 2. The van der Waals surface area contributed by atoms with Gasteiger partial charge in [-0.15, -0.1) is 0 Å². The predicted molar refractivity (Wildman–Crippen MR) is 80.8 cm³/mol. The van der Waals surface area contributed by atoms with Gasteiger partial charge in [-0.05, 0) is 18.2 Å². The molecule has 0 saturated heterocycles. The Balaban J connectivity index is 2.14. The van der Waals surface area contributed by atoms with Gasteiger partial charge in [-0.2, -0.15) is 0 Å². The van der Waals surface area contributed by atoms with Crippen LogP contribution in [-0.4, -0.2) is 19.9 Å². The highest BCUT2D eigenvalue weighted by Gasteiger charge is 2.13. The number of pyridine rings is 2. The zero-order valence-corrected chi connectivity index (χ0v) is 10.5. The Kier molecular flexibility index (Phi) is 1.68. The first-order chi connectivity index (χ1) is 9.92. The van der Waals surface area contributed by atoms with Gasteiger partial charge in [0.15, 0.2) is 0 Å². The highest BCUT2D eigenvalue weighted by atomic mass is 14.9. The summed E-state index contributed by atoms with van der Waals surface area (Å²) in [5.41, 5.74) is 6.10. The van der Waals surface area contributed by atoms with E-state index in [1.54, 1.807) is 6.20 Å². The van der Waals surface area contributed by atoms with Gasteiger partial charge in [0.25, 0.3) is 0 Å². The Morgan fingerprint density at radius 3 is 2.65 bits per heavy atom. The van der Waals surface area contributed by atoms with Crippen molar-refractivity contribution in [2.45, 2.75) is 0 Å². The van der Waals surface area contributed by atoms with Gasteiger partial charge in [-0.25, -0.2) is 0 Å². The topological polar surface area (TPSA) is 57.4 Å². The monoisotopic (exact) mass is 258 g/mol. The fraction of sp³-hybridized carbons (Fsp3) is 0. The lowest BCUT2D eigenvalue weighted by molar-refractivity contribution is 1.39. The van der Waals surface area contributed by atoms with Gasteiger partial charge in [0.2, 0.25) is 0 Å². The molecule has 0 radical (unpaired) electrons. The van der Waals surface area contributed by atoms with Crippen molar-refractivity contribution in [1.82, 2.24) is 19.9 Å². The van der Waals surface area contributed by atoms with Crippen LogP contribution in [0.25, 0.3) is 43.9 Å². The molecule has 4 heteroatoms. The minimum atomic E-state index is 0.926. The molecule has 4 nitrogen and oxygen atoms in total. The summed E-state index contributed by atoms with van der Waals surface area (Å²) >= 11 is 0. The third kappa shape index (κ3) is 1.11. The summed E-state index contributed by atoms with van der Waals surface area (Å²) in [6.45, 7) is 0. The molecule has 5 aromatic rings. The second-order valence-corrected chi connectivity index (χ2v) is 4.97. The second kappa shape index (κ2) is 3.36. The molecule has 0 aliphatic rings. The molecule has 0 atom stereocenters. The van der Waals surface area contributed by atoms with Crippen LogP contribution in [0.3, 0.4) is 0 Å². The van der Waals surface area contributed by atoms with Crippen LogP contribution in [0.15, 0.2) is 48.8 Å². The number of benzene rings is 1. The minimum absolute atomic E-state index is 0.926. The third-order valence-electron chi connectivity index (χ3n) is 3.84. The number of nitrogens with zero attached hydrogens (tertiary/aromatic N) is 2. The van der Waals surface area contributed by atoms with Gasteiger partial charge in [0.05, 0.1) is 22.7 Å². The van der Waals surface area contributed by atoms with Gasteiger partial charge in [0.1, 0.15) is 11.0 Å². The van der Waals surface area contributed by atoms with E-state index in [0.717, 1.165) is 33.1 Å². The summed E-state index contributed by atoms with van der Waals surface area (Å²) in [5.74, 6) is 0. The van der Waals surface area contributed by atoms with Crippen LogP contribution in [0.5, 0.6) is 0 Å². The van der Waals surface area contributed by atoms with E-state index in [9.17, 15) is 0 Å². The van der Waals surface area contributed by atoms with E-state index in [1.807, 2.05) is 24.4 Å². The van der Waals surface area contributed by atoms with Crippen LogP contribution in [-0.2, 0) is 0 Å². The summed E-state index contributed by atoms with van der Waals surface area (Å²) in [6.07, 6.45) is 3.69. The molecule has 0 saturated carbocycles. The molecule has 2 N–H and O–H groups in total. The van der Waals surface area contributed by atoms with E-state index in [4.69, 9.17) is 0 Å². The van der Waals surface area contributed by atoms with E-state index in [-0.39, 0.29) is 0 Å². The van der Waals surface area contributed by atoms with Crippen molar-refractivity contribution in [3.8, 4) is 0 Å². The van der Waals surface area contributed by atoms with Gasteiger partial charge in [-0.3, -0.25) is 9.97 Å². The Morgan fingerprint density at radius 1 is 0.750 bits per heavy atom. The van der Waals surface area contributed by atoms with Crippen molar-refractivity contribution in [1.29, 1.82) is 0 Å². The lowest BCUT2D eigenvalue weighted by Crippen LogP contribution is -1.78. The zero-order chi connectivity index (χ0) is 13.1. The number of rotatable bonds is 0. The van der Waals surface area contributed by atoms with Crippen LogP contribution < -0.4 is 0 Å². The minimum Gasteiger partial charge on any atom is -0.353 e. The molecule has 20 heavy (non-hydrogen) atoms. The quantitative estimate of drug-likeness (QED) is 0.444. The van der Waals surface area contributed by atoms with Gasteiger partial charge in [0, 0.05) is 22.5 Å².